The van der Waals surface area contributed by atoms with Gasteiger partial charge < -0.3 is 29.0 Å². The van der Waals surface area contributed by atoms with E-state index < -0.39 is 6.10 Å². The van der Waals surface area contributed by atoms with Gasteiger partial charge in [-0.2, -0.15) is 4.98 Å². The summed E-state index contributed by atoms with van der Waals surface area (Å²) in [7, 11) is 0. The van der Waals surface area contributed by atoms with E-state index in [4.69, 9.17) is 30.5 Å². The quantitative estimate of drug-likeness (QED) is 0.360. The summed E-state index contributed by atoms with van der Waals surface area (Å²) < 4.78 is 22.8. The average molecular weight is 533 g/mol. The molecule has 0 amide bonds. The summed E-state index contributed by atoms with van der Waals surface area (Å²) in [5.74, 6) is 0.595. The molecule has 1 aromatic heterocycles. The largest absolute Gasteiger partial charge is 0.456 e. The molecule has 3 aromatic carbocycles. The van der Waals surface area contributed by atoms with E-state index in [2.05, 4.69) is 58.5 Å². The Labute approximate surface area is 225 Å². The summed E-state index contributed by atoms with van der Waals surface area (Å²) in [6, 6.07) is 21.6. The van der Waals surface area contributed by atoms with E-state index in [1.54, 1.807) is 0 Å². The number of aromatic amines is 1. The van der Waals surface area contributed by atoms with E-state index in [1.165, 1.54) is 11.1 Å². The third-order valence-electron chi connectivity index (χ3n) is 7.93. The van der Waals surface area contributed by atoms with Crippen molar-refractivity contribution in [2.75, 3.05) is 26.4 Å². The summed E-state index contributed by atoms with van der Waals surface area (Å²) in [4.78, 5) is 7.82. The first-order valence-electron chi connectivity index (χ1n) is 13.2. The fraction of sp³-hybridized carbons (Fsp3) is 0.367. The summed E-state index contributed by atoms with van der Waals surface area (Å²) in [5.41, 5.74) is 7.23. The number of imidazole rings is 1. The molecule has 2 N–H and O–H groups in total. The SMILES string of the molecule is O[C@@H]1CO[C@H]2[C@@H]1OC[C@H]2Oc1nc2cc(-c3ccc(-c4ccc(C5CCOCC5)cc4)cc3)c(Cl)cc2[nH]1. The molecule has 7 rings (SSSR count). The van der Waals surface area contributed by atoms with Gasteiger partial charge in [-0.25, -0.2) is 0 Å². The van der Waals surface area contributed by atoms with Crippen LogP contribution in [-0.4, -0.2) is 65.9 Å². The van der Waals surface area contributed by atoms with Gasteiger partial charge in [0.15, 0.2) is 6.10 Å². The maximum absolute atomic E-state index is 9.96. The molecule has 0 radical (unpaired) electrons. The standard InChI is InChI=1S/C30H29ClN2O5/c31-23-14-25-24(32-30(33-25)38-27-16-37-28-26(34)15-36-29(27)28)13-22(23)21-7-5-18(6-8-21)17-1-3-19(4-2-17)20-9-11-35-12-10-20/h1-8,13-14,20,26-29,34H,9-12,15-16H2,(H,32,33)/t26-,27-,28-,29-/m1/s1. The fourth-order valence-corrected chi connectivity index (χ4v) is 6.07. The lowest BCUT2D eigenvalue weighted by Gasteiger charge is -2.22. The lowest BCUT2D eigenvalue weighted by atomic mass is 9.90. The third kappa shape index (κ3) is 4.48. The van der Waals surface area contributed by atoms with E-state index in [1.807, 2.05) is 12.1 Å². The average Bonchev–Trinajstić information content (AvgIpc) is 3.65. The molecule has 196 valence electrons. The van der Waals surface area contributed by atoms with E-state index in [0.29, 0.717) is 23.6 Å². The Bertz CT molecular complexity index is 1430. The first-order chi connectivity index (χ1) is 18.6. The van der Waals surface area contributed by atoms with Crippen LogP contribution in [0.3, 0.4) is 0 Å². The molecule has 0 spiro atoms. The van der Waals surface area contributed by atoms with Gasteiger partial charge >= 0.3 is 0 Å². The minimum Gasteiger partial charge on any atom is -0.456 e. The minimum absolute atomic E-state index is 0.259. The smallest absolute Gasteiger partial charge is 0.295 e. The molecule has 38 heavy (non-hydrogen) atoms. The molecule has 4 aromatic rings. The second-order valence-electron chi connectivity index (χ2n) is 10.3. The van der Waals surface area contributed by atoms with Gasteiger partial charge in [0.25, 0.3) is 6.01 Å². The molecule has 8 heteroatoms. The Morgan fingerprint density at radius 1 is 0.868 bits per heavy atom. The molecule has 0 unspecified atom stereocenters. The summed E-state index contributed by atoms with van der Waals surface area (Å²) in [6.45, 7) is 2.31. The third-order valence-corrected chi connectivity index (χ3v) is 8.24. The zero-order chi connectivity index (χ0) is 25.6. The number of ether oxygens (including phenoxy) is 4. The van der Waals surface area contributed by atoms with Crippen molar-refractivity contribution in [2.24, 2.45) is 0 Å². The van der Waals surface area contributed by atoms with Crippen molar-refractivity contribution in [3.05, 3.63) is 71.2 Å². The van der Waals surface area contributed by atoms with Crippen LogP contribution in [0.4, 0.5) is 0 Å². The number of nitrogens with zero attached hydrogens (tertiary/aromatic N) is 1. The van der Waals surface area contributed by atoms with Gasteiger partial charge in [0.05, 0.1) is 29.3 Å². The van der Waals surface area contributed by atoms with Crippen LogP contribution in [-0.2, 0) is 14.2 Å². The van der Waals surface area contributed by atoms with Crippen LogP contribution in [0.1, 0.15) is 24.3 Å². The Morgan fingerprint density at radius 3 is 2.32 bits per heavy atom. The van der Waals surface area contributed by atoms with E-state index in [0.717, 1.165) is 53.8 Å². The number of benzene rings is 3. The summed E-state index contributed by atoms with van der Waals surface area (Å²) >= 11 is 6.69. The van der Waals surface area contributed by atoms with E-state index >= 15 is 0 Å². The number of aliphatic hydroxyl groups is 1. The number of nitrogens with one attached hydrogen (secondary N) is 1. The van der Waals surface area contributed by atoms with Crippen molar-refractivity contribution < 1.29 is 24.1 Å². The minimum atomic E-state index is -0.617. The zero-order valence-electron chi connectivity index (χ0n) is 20.8. The zero-order valence-corrected chi connectivity index (χ0v) is 21.6. The predicted octanol–water partition coefficient (Wildman–Crippen LogP) is 5.35. The number of hydrogen-bond donors (Lipinski definition) is 2. The lowest BCUT2D eigenvalue weighted by molar-refractivity contribution is 0.00706. The topological polar surface area (TPSA) is 85.8 Å². The highest BCUT2D eigenvalue weighted by atomic mass is 35.5. The number of rotatable bonds is 5. The first-order valence-corrected chi connectivity index (χ1v) is 13.6. The van der Waals surface area contributed by atoms with Crippen molar-refractivity contribution in [3.63, 3.8) is 0 Å². The number of hydrogen-bond acceptors (Lipinski definition) is 6. The molecule has 4 atom stereocenters. The first kappa shape index (κ1) is 24.1. The van der Waals surface area contributed by atoms with Crippen molar-refractivity contribution in [1.29, 1.82) is 0 Å². The van der Waals surface area contributed by atoms with Crippen LogP contribution < -0.4 is 4.74 Å². The van der Waals surface area contributed by atoms with Crippen LogP contribution in [0, 0.1) is 0 Å². The molecule has 0 saturated carbocycles. The summed E-state index contributed by atoms with van der Waals surface area (Å²) in [5, 5.41) is 10.6. The predicted molar refractivity (Wildman–Crippen MR) is 145 cm³/mol. The number of H-pyrrole nitrogens is 1. The van der Waals surface area contributed by atoms with Gasteiger partial charge in [-0.15, -0.1) is 0 Å². The van der Waals surface area contributed by atoms with Crippen molar-refractivity contribution in [3.8, 4) is 28.3 Å². The van der Waals surface area contributed by atoms with Crippen molar-refractivity contribution >= 4 is 22.6 Å². The number of aromatic nitrogens is 2. The molecule has 0 bridgehead atoms. The Morgan fingerprint density at radius 2 is 1.55 bits per heavy atom. The van der Waals surface area contributed by atoms with Crippen LogP contribution in [0.2, 0.25) is 5.02 Å². The van der Waals surface area contributed by atoms with Gasteiger partial charge in [0.1, 0.15) is 18.3 Å². The maximum Gasteiger partial charge on any atom is 0.295 e. The normalized spacial score (nSPS) is 25.6. The van der Waals surface area contributed by atoms with E-state index in [-0.39, 0.29) is 24.9 Å². The van der Waals surface area contributed by atoms with Crippen molar-refractivity contribution in [1.82, 2.24) is 9.97 Å². The highest BCUT2D eigenvalue weighted by Gasteiger charge is 2.48. The molecule has 7 nitrogen and oxygen atoms in total. The monoisotopic (exact) mass is 532 g/mol. The lowest BCUT2D eigenvalue weighted by Crippen LogP contribution is -2.34. The van der Waals surface area contributed by atoms with Crippen LogP contribution in [0.25, 0.3) is 33.3 Å². The Balaban J connectivity index is 1.09. The molecule has 4 heterocycles. The van der Waals surface area contributed by atoms with Crippen LogP contribution in [0.15, 0.2) is 60.7 Å². The molecular formula is C30H29ClN2O5. The molecule has 3 fully saturated rings. The van der Waals surface area contributed by atoms with Crippen LogP contribution in [0.5, 0.6) is 6.01 Å². The van der Waals surface area contributed by atoms with E-state index in [9.17, 15) is 5.11 Å². The molecule has 0 aliphatic carbocycles. The second-order valence-corrected chi connectivity index (χ2v) is 10.7. The number of fused-ring (bicyclic) bond motifs is 2. The second kappa shape index (κ2) is 9.98. The van der Waals surface area contributed by atoms with Gasteiger partial charge in [0, 0.05) is 18.8 Å². The number of aliphatic hydroxyl groups excluding tert-OH is 1. The highest BCUT2D eigenvalue weighted by molar-refractivity contribution is 6.34. The highest BCUT2D eigenvalue weighted by Crippen LogP contribution is 2.35. The van der Waals surface area contributed by atoms with Gasteiger partial charge in [-0.05, 0) is 53.1 Å². The van der Waals surface area contributed by atoms with Crippen LogP contribution >= 0.6 is 11.6 Å². The number of halogens is 1. The van der Waals surface area contributed by atoms with Gasteiger partial charge in [-0.3, -0.25) is 0 Å². The fourth-order valence-electron chi connectivity index (χ4n) is 5.79. The van der Waals surface area contributed by atoms with Crippen molar-refractivity contribution in [2.45, 2.75) is 43.2 Å². The van der Waals surface area contributed by atoms with Gasteiger partial charge in [-0.1, -0.05) is 60.1 Å². The Kier molecular flexibility index (Phi) is 6.34. The summed E-state index contributed by atoms with van der Waals surface area (Å²) in [6.07, 6.45) is 0.598. The molecular weight excluding hydrogens is 504 g/mol. The molecule has 3 aliphatic rings. The Hall–Kier alpha value is -2.94. The molecule has 3 aliphatic heterocycles. The molecule has 3 saturated heterocycles. The maximum atomic E-state index is 9.96. The van der Waals surface area contributed by atoms with Gasteiger partial charge in [0.2, 0.25) is 0 Å².